The molecule has 0 atom stereocenters. The second-order valence-electron chi connectivity index (χ2n) is 7.25. The van der Waals surface area contributed by atoms with Crippen molar-refractivity contribution in [1.82, 2.24) is 5.32 Å². The first kappa shape index (κ1) is 20.2. The van der Waals surface area contributed by atoms with Crippen LogP contribution in [0.2, 0.25) is 0 Å². The summed E-state index contributed by atoms with van der Waals surface area (Å²) in [5.74, 6) is -0.578. The molecule has 3 amide bonds. The molecule has 0 saturated carbocycles. The highest BCUT2D eigenvalue weighted by Crippen LogP contribution is 2.20. The first-order chi connectivity index (χ1) is 12.7. The molecular formula is C21H25N3O3. The van der Waals surface area contributed by atoms with Crippen molar-refractivity contribution in [3.05, 3.63) is 59.7 Å². The number of nitrogens with one attached hydrogen (secondary N) is 3. The van der Waals surface area contributed by atoms with E-state index in [0.717, 1.165) is 5.56 Å². The molecule has 0 unspecified atom stereocenters. The number of amides is 3. The van der Waals surface area contributed by atoms with Crippen molar-refractivity contribution >= 4 is 29.1 Å². The molecule has 0 aliphatic carbocycles. The minimum absolute atomic E-state index is 0.129. The van der Waals surface area contributed by atoms with E-state index in [1.165, 1.54) is 0 Å². The molecule has 0 radical (unpaired) electrons. The van der Waals surface area contributed by atoms with Crippen molar-refractivity contribution in [2.75, 3.05) is 17.7 Å². The summed E-state index contributed by atoms with van der Waals surface area (Å²) in [6, 6.07) is 13.9. The summed E-state index contributed by atoms with van der Waals surface area (Å²) in [5, 5.41) is 8.22. The van der Waals surface area contributed by atoms with Crippen LogP contribution in [-0.4, -0.2) is 24.8 Å². The van der Waals surface area contributed by atoms with Gasteiger partial charge in [0.1, 0.15) is 0 Å². The van der Waals surface area contributed by atoms with Crippen LogP contribution in [-0.2, 0) is 16.0 Å². The third-order valence-corrected chi connectivity index (χ3v) is 3.96. The van der Waals surface area contributed by atoms with Gasteiger partial charge in [-0.15, -0.1) is 0 Å². The lowest BCUT2D eigenvalue weighted by Gasteiger charge is -2.18. The third-order valence-electron chi connectivity index (χ3n) is 3.96. The number of likely N-dealkylation sites (N-methyl/N-ethyl adjacent to an activating group) is 1. The summed E-state index contributed by atoms with van der Waals surface area (Å²) in [5.41, 5.74) is 1.74. The molecule has 0 fully saturated rings. The molecule has 2 aromatic carbocycles. The van der Waals surface area contributed by atoms with E-state index in [1.807, 2.05) is 26.8 Å². The third kappa shape index (κ3) is 5.67. The average molecular weight is 367 g/mol. The zero-order valence-electron chi connectivity index (χ0n) is 16.1. The van der Waals surface area contributed by atoms with E-state index in [9.17, 15) is 14.4 Å². The van der Waals surface area contributed by atoms with Crippen LogP contribution >= 0.6 is 0 Å². The number of rotatable bonds is 5. The highest BCUT2D eigenvalue weighted by molar-refractivity contribution is 6.06. The van der Waals surface area contributed by atoms with Gasteiger partial charge in [0.15, 0.2) is 0 Å². The van der Waals surface area contributed by atoms with Gasteiger partial charge in [0.2, 0.25) is 11.8 Å². The van der Waals surface area contributed by atoms with Crippen molar-refractivity contribution in [3.63, 3.8) is 0 Å². The maximum absolute atomic E-state index is 12.6. The Morgan fingerprint density at radius 3 is 2.30 bits per heavy atom. The lowest BCUT2D eigenvalue weighted by Crippen LogP contribution is -2.27. The minimum atomic E-state index is -0.531. The van der Waals surface area contributed by atoms with Crippen molar-refractivity contribution in [3.8, 4) is 0 Å². The average Bonchev–Trinajstić information content (AvgIpc) is 2.62. The van der Waals surface area contributed by atoms with E-state index in [1.54, 1.807) is 49.5 Å². The van der Waals surface area contributed by atoms with E-state index >= 15 is 0 Å². The number of para-hydroxylation sites is 1. The molecule has 0 aromatic heterocycles. The van der Waals surface area contributed by atoms with Gasteiger partial charge in [0.25, 0.3) is 5.91 Å². The topological polar surface area (TPSA) is 87.3 Å². The van der Waals surface area contributed by atoms with Crippen molar-refractivity contribution in [2.24, 2.45) is 5.41 Å². The Kier molecular flexibility index (Phi) is 6.34. The largest absolute Gasteiger partial charge is 0.359 e. The van der Waals surface area contributed by atoms with Crippen LogP contribution < -0.4 is 16.0 Å². The quantitative estimate of drug-likeness (QED) is 0.758. The molecule has 2 rings (SSSR count). The predicted octanol–water partition coefficient (Wildman–Crippen LogP) is 3.21. The molecule has 0 saturated heterocycles. The molecule has 0 spiro atoms. The Morgan fingerprint density at radius 2 is 1.63 bits per heavy atom. The van der Waals surface area contributed by atoms with Crippen molar-refractivity contribution in [1.29, 1.82) is 0 Å². The minimum Gasteiger partial charge on any atom is -0.359 e. The van der Waals surface area contributed by atoms with Crippen LogP contribution in [0.5, 0.6) is 0 Å². The van der Waals surface area contributed by atoms with E-state index in [-0.39, 0.29) is 24.1 Å². The molecule has 0 aliphatic rings. The number of benzene rings is 2. The smallest absolute Gasteiger partial charge is 0.255 e. The SMILES string of the molecule is CNC(=O)Cc1ccccc1NC(=O)c1cccc(NC(=O)C(C)(C)C)c1. The molecule has 0 bridgehead atoms. The maximum Gasteiger partial charge on any atom is 0.255 e. The first-order valence-corrected chi connectivity index (χ1v) is 8.72. The summed E-state index contributed by atoms with van der Waals surface area (Å²) in [6.45, 7) is 5.47. The Hall–Kier alpha value is -3.15. The van der Waals surface area contributed by atoms with Crippen LogP contribution in [0.25, 0.3) is 0 Å². The highest BCUT2D eigenvalue weighted by atomic mass is 16.2. The molecule has 27 heavy (non-hydrogen) atoms. The van der Waals surface area contributed by atoms with Gasteiger partial charge in [-0.1, -0.05) is 45.0 Å². The van der Waals surface area contributed by atoms with E-state index in [2.05, 4.69) is 16.0 Å². The molecular weight excluding hydrogens is 342 g/mol. The molecule has 6 heteroatoms. The van der Waals surface area contributed by atoms with Crippen LogP contribution in [0.3, 0.4) is 0 Å². The standard InChI is InChI=1S/C21H25N3O3/c1-21(2,3)20(27)23-16-10-7-9-15(12-16)19(26)24-17-11-6-5-8-14(17)13-18(25)22-4/h5-12H,13H2,1-4H3,(H,22,25)(H,23,27)(H,24,26). The van der Waals surface area contributed by atoms with Crippen LogP contribution in [0, 0.1) is 5.41 Å². The molecule has 6 nitrogen and oxygen atoms in total. The second kappa shape index (κ2) is 8.49. The number of carbonyl (C=O) groups is 3. The summed E-state index contributed by atoms with van der Waals surface area (Å²) >= 11 is 0. The zero-order valence-corrected chi connectivity index (χ0v) is 16.1. The van der Waals surface area contributed by atoms with Gasteiger partial charge in [-0.05, 0) is 29.8 Å². The predicted molar refractivity (Wildman–Crippen MR) is 107 cm³/mol. The van der Waals surface area contributed by atoms with Gasteiger partial charge >= 0.3 is 0 Å². The summed E-state index contributed by atoms with van der Waals surface area (Å²) in [7, 11) is 1.57. The molecule has 2 aromatic rings. The van der Waals surface area contributed by atoms with E-state index in [4.69, 9.17) is 0 Å². The highest BCUT2D eigenvalue weighted by Gasteiger charge is 2.21. The zero-order chi connectivity index (χ0) is 20.0. The number of hydrogen-bond donors (Lipinski definition) is 3. The monoisotopic (exact) mass is 367 g/mol. The number of carbonyl (C=O) groups excluding carboxylic acids is 3. The molecule has 0 aliphatic heterocycles. The number of hydrogen-bond acceptors (Lipinski definition) is 3. The van der Waals surface area contributed by atoms with Gasteiger partial charge in [0.05, 0.1) is 6.42 Å². The lowest BCUT2D eigenvalue weighted by atomic mass is 9.95. The molecule has 142 valence electrons. The Bertz CT molecular complexity index is 854. The van der Waals surface area contributed by atoms with Gasteiger partial charge in [0, 0.05) is 29.4 Å². The molecule has 3 N–H and O–H groups in total. The Labute approximate surface area is 159 Å². The van der Waals surface area contributed by atoms with E-state index < -0.39 is 5.41 Å². The Balaban J connectivity index is 2.17. The van der Waals surface area contributed by atoms with Gasteiger partial charge in [-0.25, -0.2) is 0 Å². The lowest BCUT2D eigenvalue weighted by molar-refractivity contribution is -0.123. The molecule has 0 heterocycles. The summed E-state index contributed by atoms with van der Waals surface area (Å²) in [4.78, 5) is 36.4. The fraction of sp³-hybridized carbons (Fsp3) is 0.286. The summed E-state index contributed by atoms with van der Waals surface area (Å²) in [6.07, 6.45) is 0.175. The summed E-state index contributed by atoms with van der Waals surface area (Å²) < 4.78 is 0. The van der Waals surface area contributed by atoms with Crippen LogP contribution in [0.4, 0.5) is 11.4 Å². The van der Waals surface area contributed by atoms with Gasteiger partial charge in [-0.2, -0.15) is 0 Å². The van der Waals surface area contributed by atoms with Crippen LogP contribution in [0.1, 0.15) is 36.7 Å². The number of anilines is 2. The van der Waals surface area contributed by atoms with Crippen molar-refractivity contribution in [2.45, 2.75) is 27.2 Å². The van der Waals surface area contributed by atoms with Crippen LogP contribution in [0.15, 0.2) is 48.5 Å². The van der Waals surface area contributed by atoms with Gasteiger partial charge < -0.3 is 16.0 Å². The fourth-order valence-electron chi connectivity index (χ4n) is 2.31. The second-order valence-corrected chi connectivity index (χ2v) is 7.25. The fourth-order valence-corrected chi connectivity index (χ4v) is 2.31. The first-order valence-electron chi connectivity index (χ1n) is 8.72. The van der Waals surface area contributed by atoms with Gasteiger partial charge in [-0.3, -0.25) is 14.4 Å². The normalized spacial score (nSPS) is 10.8. The van der Waals surface area contributed by atoms with Crippen molar-refractivity contribution < 1.29 is 14.4 Å². The Morgan fingerprint density at radius 1 is 0.926 bits per heavy atom. The maximum atomic E-state index is 12.6. The van der Waals surface area contributed by atoms with E-state index in [0.29, 0.717) is 16.9 Å².